The van der Waals surface area contributed by atoms with Gasteiger partial charge in [-0.15, -0.1) is 0 Å². The van der Waals surface area contributed by atoms with Crippen molar-refractivity contribution in [3.05, 3.63) is 77.1 Å². The van der Waals surface area contributed by atoms with Gasteiger partial charge in [0.05, 0.1) is 17.2 Å². The minimum atomic E-state index is -0.313. The summed E-state index contributed by atoms with van der Waals surface area (Å²) in [5, 5.41) is 15.1. The molecule has 0 radical (unpaired) electrons. The lowest BCUT2D eigenvalue weighted by molar-refractivity contribution is 0.102. The van der Waals surface area contributed by atoms with Gasteiger partial charge in [-0.05, 0) is 48.5 Å². The molecule has 0 bridgehead atoms. The van der Waals surface area contributed by atoms with Crippen molar-refractivity contribution >= 4 is 34.8 Å². The van der Waals surface area contributed by atoms with Crippen molar-refractivity contribution in [3.63, 3.8) is 0 Å². The Morgan fingerprint density at radius 1 is 0.960 bits per heavy atom. The van der Waals surface area contributed by atoms with E-state index in [1.165, 1.54) is 12.4 Å². The maximum absolute atomic E-state index is 12.2. The van der Waals surface area contributed by atoms with Gasteiger partial charge in [0, 0.05) is 28.8 Å². The van der Waals surface area contributed by atoms with Crippen LogP contribution < -0.4 is 10.6 Å². The highest BCUT2D eigenvalue weighted by Gasteiger charge is 2.08. The molecule has 7 heteroatoms. The second kappa shape index (κ2) is 7.43. The molecule has 0 saturated heterocycles. The lowest BCUT2D eigenvalue weighted by atomic mass is 10.2. The van der Waals surface area contributed by atoms with E-state index in [1.807, 2.05) is 0 Å². The number of nitrogens with one attached hydrogen (secondary N) is 2. The van der Waals surface area contributed by atoms with Crippen LogP contribution in [-0.4, -0.2) is 15.9 Å². The Hall–Kier alpha value is -3.43. The van der Waals surface area contributed by atoms with Crippen LogP contribution in [-0.2, 0) is 0 Å². The van der Waals surface area contributed by atoms with E-state index in [0.29, 0.717) is 27.8 Å². The molecule has 1 heterocycles. The molecule has 0 atom stereocenters. The summed E-state index contributed by atoms with van der Waals surface area (Å²) in [6.45, 7) is 0. The molecule has 2 N–H and O–H groups in total. The van der Waals surface area contributed by atoms with E-state index in [0.717, 1.165) is 5.69 Å². The van der Waals surface area contributed by atoms with Crippen molar-refractivity contribution < 1.29 is 4.79 Å². The van der Waals surface area contributed by atoms with Crippen LogP contribution in [0.5, 0.6) is 0 Å². The van der Waals surface area contributed by atoms with Crippen molar-refractivity contribution in [2.24, 2.45) is 0 Å². The first-order valence-corrected chi connectivity index (χ1v) is 7.68. The summed E-state index contributed by atoms with van der Waals surface area (Å²) in [7, 11) is 0. The number of rotatable bonds is 4. The molecule has 0 saturated carbocycles. The Bertz CT molecular complexity index is 916. The van der Waals surface area contributed by atoms with Crippen LogP contribution in [0, 0.1) is 11.3 Å². The number of carbonyl (C=O) groups excluding carboxylic acids is 1. The molecule has 0 aliphatic carbocycles. The Morgan fingerprint density at radius 2 is 1.56 bits per heavy atom. The van der Waals surface area contributed by atoms with Crippen LogP contribution in [0.25, 0.3) is 0 Å². The molecule has 0 aliphatic heterocycles. The number of aromatic nitrogens is 2. The zero-order valence-corrected chi connectivity index (χ0v) is 13.7. The number of halogens is 1. The molecule has 6 nitrogen and oxygen atoms in total. The molecular formula is C18H12ClN5O. The van der Waals surface area contributed by atoms with Crippen molar-refractivity contribution in [1.29, 1.82) is 5.26 Å². The van der Waals surface area contributed by atoms with Crippen LogP contribution in [0.3, 0.4) is 0 Å². The number of carbonyl (C=O) groups is 1. The van der Waals surface area contributed by atoms with Crippen LogP contribution >= 0.6 is 11.6 Å². The van der Waals surface area contributed by atoms with Crippen LogP contribution in [0.2, 0.25) is 5.02 Å². The normalized spacial score (nSPS) is 9.92. The average molecular weight is 350 g/mol. The van der Waals surface area contributed by atoms with Gasteiger partial charge in [-0.1, -0.05) is 11.6 Å². The molecule has 0 fully saturated rings. The highest BCUT2D eigenvalue weighted by atomic mass is 35.5. The maximum Gasteiger partial charge on any atom is 0.258 e. The monoisotopic (exact) mass is 349 g/mol. The summed E-state index contributed by atoms with van der Waals surface area (Å²) < 4.78 is 0. The third-order valence-electron chi connectivity index (χ3n) is 3.29. The van der Waals surface area contributed by atoms with E-state index in [2.05, 4.69) is 26.7 Å². The van der Waals surface area contributed by atoms with Crippen molar-refractivity contribution in [1.82, 2.24) is 9.97 Å². The van der Waals surface area contributed by atoms with E-state index in [9.17, 15) is 4.79 Å². The van der Waals surface area contributed by atoms with E-state index < -0.39 is 0 Å². The number of hydrogen-bond acceptors (Lipinski definition) is 5. The summed E-state index contributed by atoms with van der Waals surface area (Å²) in [5.74, 6) is 0.0417. The van der Waals surface area contributed by atoms with Gasteiger partial charge in [0.1, 0.15) is 0 Å². The maximum atomic E-state index is 12.2. The van der Waals surface area contributed by atoms with Crippen molar-refractivity contribution in [2.75, 3.05) is 10.6 Å². The van der Waals surface area contributed by atoms with Crippen molar-refractivity contribution in [3.8, 4) is 6.07 Å². The summed E-state index contributed by atoms with van der Waals surface area (Å²) in [4.78, 5) is 20.4. The zero-order chi connectivity index (χ0) is 17.6. The molecular weight excluding hydrogens is 338 g/mol. The van der Waals surface area contributed by atoms with Crippen LogP contribution in [0.15, 0.2) is 60.9 Å². The SMILES string of the molecule is N#Cc1ccc(Nc2ncc(C(=O)Nc3ccc(Cl)cc3)cn2)cc1. The van der Waals surface area contributed by atoms with E-state index >= 15 is 0 Å². The fourth-order valence-electron chi connectivity index (χ4n) is 2.00. The second-order valence-electron chi connectivity index (χ2n) is 5.07. The van der Waals surface area contributed by atoms with Crippen molar-refractivity contribution in [2.45, 2.75) is 0 Å². The summed E-state index contributed by atoms with van der Waals surface area (Å²) in [5.41, 5.74) is 2.28. The minimum absolute atomic E-state index is 0.313. The highest BCUT2D eigenvalue weighted by Crippen LogP contribution is 2.16. The number of amides is 1. The molecule has 122 valence electrons. The third-order valence-corrected chi connectivity index (χ3v) is 3.54. The van der Waals surface area contributed by atoms with Gasteiger partial charge >= 0.3 is 0 Å². The van der Waals surface area contributed by atoms with E-state index in [4.69, 9.17) is 16.9 Å². The van der Waals surface area contributed by atoms with Gasteiger partial charge in [-0.2, -0.15) is 5.26 Å². The molecule has 1 amide bonds. The first kappa shape index (κ1) is 16.4. The van der Waals surface area contributed by atoms with E-state index in [1.54, 1.807) is 48.5 Å². The second-order valence-corrected chi connectivity index (χ2v) is 5.51. The number of nitriles is 1. The van der Waals surface area contributed by atoms with Gasteiger partial charge in [0.15, 0.2) is 0 Å². The minimum Gasteiger partial charge on any atom is -0.324 e. The lowest BCUT2D eigenvalue weighted by Crippen LogP contribution is -2.13. The summed E-state index contributed by atoms with van der Waals surface area (Å²) in [6, 6.07) is 15.7. The molecule has 0 aliphatic rings. The smallest absolute Gasteiger partial charge is 0.258 e. The van der Waals surface area contributed by atoms with Gasteiger partial charge < -0.3 is 10.6 Å². The van der Waals surface area contributed by atoms with Crippen LogP contribution in [0.4, 0.5) is 17.3 Å². The third kappa shape index (κ3) is 4.31. The van der Waals surface area contributed by atoms with Gasteiger partial charge in [0.25, 0.3) is 5.91 Å². The number of nitrogens with zero attached hydrogens (tertiary/aromatic N) is 3. The first-order chi connectivity index (χ1) is 12.1. The standard InChI is InChI=1S/C18H12ClN5O/c19-14-3-7-15(8-4-14)23-17(25)13-10-21-18(22-11-13)24-16-5-1-12(9-20)2-6-16/h1-8,10-11H,(H,23,25)(H,21,22,24). The topological polar surface area (TPSA) is 90.7 Å². The predicted molar refractivity (Wildman–Crippen MR) is 95.9 cm³/mol. The van der Waals surface area contributed by atoms with Gasteiger partial charge in [-0.25, -0.2) is 9.97 Å². The predicted octanol–water partition coefficient (Wildman–Crippen LogP) is 4.00. The van der Waals surface area contributed by atoms with Crippen LogP contribution in [0.1, 0.15) is 15.9 Å². The molecule has 0 spiro atoms. The number of hydrogen-bond donors (Lipinski definition) is 2. The Balaban J connectivity index is 1.65. The molecule has 3 aromatic rings. The lowest BCUT2D eigenvalue weighted by Gasteiger charge is -2.07. The molecule has 3 rings (SSSR count). The number of anilines is 3. The Kier molecular flexibility index (Phi) is 4.88. The van der Waals surface area contributed by atoms with Gasteiger partial charge in [0.2, 0.25) is 5.95 Å². The molecule has 25 heavy (non-hydrogen) atoms. The fourth-order valence-corrected chi connectivity index (χ4v) is 2.13. The Morgan fingerprint density at radius 3 is 2.16 bits per heavy atom. The molecule has 0 unspecified atom stereocenters. The fraction of sp³-hybridized carbons (Fsp3) is 0. The highest BCUT2D eigenvalue weighted by molar-refractivity contribution is 6.30. The zero-order valence-electron chi connectivity index (χ0n) is 12.9. The van der Waals surface area contributed by atoms with E-state index in [-0.39, 0.29) is 5.91 Å². The quantitative estimate of drug-likeness (QED) is 0.743. The largest absolute Gasteiger partial charge is 0.324 e. The number of benzene rings is 2. The van der Waals surface area contributed by atoms with Gasteiger partial charge in [-0.3, -0.25) is 4.79 Å². The molecule has 2 aromatic carbocycles. The summed E-state index contributed by atoms with van der Waals surface area (Å²) >= 11 is 5.81. The average Bonchev–Trinajstić information content (AvgIpc) is 2.65. The molecule has 1 aromatic heterocycles. The Labute approximate surface area is 149 Å². The summed E-state index contributed by atoms with van der Waals surface area (Å²) in [6.07, 6.45) is 2.87. The first-order valence-electron chi connectivity index (χ1n) is 7.30.